The molecule has 0 bridgehead atoms. The van der Waals surface area contributed by atoms with Crippen molar-refractivity contribution in [2.75, 3.05) is 22.1 Å². The third-order valence-electron chi connectivity index (χ3n) is 7.61. The van der Waals surface area contributed by atoms with Crippen LogP contribution in [0.4, 0.5) is 11.4 Å². The lowest BCUT2D eigenvalue weighted by Gasteiger charge is -2.40. The molecule has 222 valence electrons. The van der Waals surface area contributed by atoms with Gasteiger partial charge in [-0.05, 0) is 73.7 Å². The smallest absolute Gasteiger partial charge is 0.174 e. The second kappa shape index (κ2) is 13.7. The molecule has 0 spiro atoms. The summed E-state index contributed by atoms with van der Waals surface area (Å²) in [4.78, 5) is 4.04. The van der Waals surface area contributed by atoms with Crippen LogP contribution in [-0.4, -0.2) is 52.0 Å². The van der Waals surface area contributed by atoms with Crippen LogP contribution in [0, 0.1) is 13.8 Å². The standard InChI is InChI=1S/C34H36N4O2S3/c1-25-13-17-29(18-14-25)35-33(41)37(21-27-9-5-3-6-10-27)31-23-43(39,40)24-32(31)38(22-28-11-7-4-8-12-28)34(42)36-30-19-15-26(2)16-20-30/h3-20,31-32H,21-24H2,1-2H3,(H,35,41)(H,36,42)/t31-,32-/m0/s1. The molecule has 1 saturated heterocycles. The fourth-order valence-corrected chi connectivity index (χ4v) is 7.93. The molecule has 1 aliphatic heterocycles. The van der Waals surface area contributed by atoms with Crippen molar-refractivity contribution >= 4 is 55.9 Å². The van der Waals surface area contributed by atoms with Crippen molar-refractivity contribution in [2.24, 2.45) is 0 Å². The van der Waals surface area contributed by atoms with Gasteiger partial charge in [0.1, 0.15) is 0 Å². The van der Waals surface area contributed by atoms with Crippen molar-refractivity contribution in [1.82, 2.24) is 9.80 Å². The number of anilines is 2. The largest absolute Gasteiger partial charge is 0.339 e. The van der Waals surface area contributed by atoms with Crippen LogP contribution in [0.15, 0.2) is 109 Å². The fourth-order valence-electron chi connectivity index (χ4n) is 5.31. The number of nitrogens with one attached hydrogen (secondary N) is 2. The summed E-state index contributed by atoms with van der Waals surface area (Å²) in [5.74, 6) is -0.0582. The van der Waals surface area contributed by atoms with Crippen molar-refractivity contribution in [3.8, 4) is 0 Å². The highest BCUT2D eigenvalue weighted by molar-refractivity contribution is 7.91. The van der Waals surface area contributed by atoms with Crippen molar-refractivity contribution in [3.05, 3.63) is 131 Å². The predicted octanol–water partition coefficient (Wildman–Crippen LogP) is 6.57. The van der Waals surface area contributed by atoms with Gasteiger partial charge in [0.2, 0.25) is 0 Å². The molecule has 0 amide bonds. The molecule has 0 radical (unpaired) electrons. The molecule has 4 aromatic carbocycles. The second-order valence-electron chi connectivity index (χ2n) is 11.0. The molecule has 2 atom stereocenters. The Hall–Kier alpha value is -3.79. The molecule has 6 nitrogen and oxygen atoms in total. The van der Waals surface area contributed by atoms with Crippen LogP contribution in [0.2, 0.25) is 0 Å². The van der Waals surface area contributed by atoms with E-state index in [9.17, 15) is 8.42 Å². The molecule has 2 N–H and O–H groups in total. The van der Waals surface area contributed by atoms with E-state index in [0.29, 0.717) is 23.3 Å². The third kappa shape index (κ3) is 8.19. The van der Waals surface area contributed by atoms with Crippen LogP contribution in [0.1, 0.15) is 22.3 Å². The van der Waals surface area contributed by atoms with Gasteiger partial charge in [0, 0.05) is 24.5 Å². The van der Waals surface area contributed by atoms with Gasteiger partial charge in [0.25, 0.3) is 0 Å². The summed E-state index contributed by atoms with van der Waals surface area (Å²) in [6.45, 7) is 4.97. The summed E-state index contributed by atoms with van der Waals surface area (Å²) < 4.78 is 26.8. The lowest BCUT2D eigenvalue weighted by Crippen LogP contribution is -2.55. The average Bonchev–Trinajstić information content (AvgIpc) is 3.32. The van der Waals surface area contributed by atoms with E-state index in [1.54, 1.807) is 0 Å². The van der Waals surface area contributed by atoms with E-state index in [2.05, 4.69) is 10.6 Å². The van der Waals surface area contributed by atoms with Crippen molar-refractivity contribution < 1.29 is 8.42 Å². The Labute approximate surface area is 265 Å². The zero-order valence-electron chi connectivity index (χ0n) is 24.3. The monoisotopic (exact) mass is 628 g/mol. The van der Waals surface area contributed by atoms with E-state index in [4.69, 9.17) is 24.4 Å². The molecule has 5 rings (SSSR count). The molecule has 1 fully saturated rings. The summed E-state index contributed by atoms with van der Waals surface area (Å²) in [6, 6.07) is 35.1. The average molecular weight is 629 g/mol. The van der Waals surface area contributed by atoms with Gasteiger partial charge in [-0.1, -0.05) is 96.1 Å². The van der Waals surface area contributed by atoms with E-state index in [0.717, 1.165) is 33.6 Å². The Kier molecular flexibility index (Phi) is 9.75. The number of hydrogen-bond donors (Lipinski definition) is 2. The van der Waals surface area contributed by atoms with Gasteiger partial charge in [0.05, 0.1) is 23.6 Å². The summed E-state index contributed by atoms with van der Waals surface area (Å²) in [5.41, 5.74) is 6.06. The number of aryl methyl sites for hydroxylation is 2. The van der Waals surface area contributed by atoms with Gasteiger partial charge in [0.15, 0.2) is 20.1 Å². The number of benzene rings is 4. The Bertz CT molecular complexity index is 1530. The molecule has 0 aromatic heterocycles. The molecule has 0 unspecified atom stereocenters. The molecule has 0 aliphatic carbocycles. The summed E-state index contributed by atoms with van der Waals surface area (Å²) >= 11 is 12.0. The molecular formula is C34H36N4O2S3. The Morgan fingerprint density at radius 1 is 0.628 bits per heavy atom. The van der Waals surface area contributed by atoms with Crippen LogP contribution >= 0.6 is 24.4 Å². The maximum atomic E-state index is 13.4. The van der Waals surface area contributed by atoms with E-state index >= 15 is 0 Å². The van der Waals surface area contributed by atoms with Gasteiger partial charge in [-0.3, -0.25) is 0 Å². The predicted molar refractivity (Wildman–Crippen MR) is 185 cm³/mol. The minimum Gasteiger partial charge on any atom is -0.339 e. The lowest BCUT2D eigenvalue weighted by atomic mass is 10.1. The maximum Gasteiger partial charge on any atom is 0.174 e. The molecule has 1 heterocycles. The fraction of sp³-hybridized carbons (Fsp3) is 0.235. The van der Waals surface area contributed by atoms with Crippen LogP contribution in [0.3, 0.4) is 0 Å². The van der Waals surface area contributed by atoms with Crippen molar-refractivity contribution in [2.45, 2.75) is 39.0 Å². The van der Waals surface area contributed by atoms with E-state index in [1.165, 1.54) is 0 Å². The molecule has 43 heavy (non-hydrogen) atoms. The minimum absolute atomic E-state index is 0.0291. The Balaban J connectivity index is 1.51. The maximum absolute atomic E-state index is 13.4. The normalized spacial score (nSPS) is 17.2. The first kappa shape index (κ1) is 30.7. The zero-order valence-corrected chi connectivity index (χ0v) is 26.8. The quantitative estimate of drug-likeness (QED) is 0.213. The second-order valence-corrected chi connectivity index (χ2v) is 14.0. The number of rotatable bonds is 8. The number of thiocarbonyl (C=S) groups is 2. The molecular weight excluding hydrogens is 593 g/mol. The molecule has 0 saturated carbocycles. The van der Waals surface area contributed by atoms with Gasteiger partial charge < -0.3 is 20.4 Å². The van der Waals surface area contributed by atoms with E-state index in [1.807, 2.05) is 133 Å². The van der Waals surface area contributed by atoms with Crippen molar-refractivity contribution in [3.63, 3.8) is 0 Å². The number of nitrogens with zero attached hydrogens (tertiary/aromatic N) is 2. The minimum atomic E-state index is -3.40. The highest BCUT2D eigenvalue weighted by Gasteiger charge is 2.45. The summed E-state index contributed by atoms with van der Waals surface area (Å²) in [5, 5.41) is 7.68. The van der Waals surface area contributed by atoms with Gasteiger partial charge in [-0.2, -0.15) is 0 Å². The van der Waals surface area contributed by atoms with Crippen LogP contribution in [0.5, 0.6) is 0 Å². The molecule has 4 aromatic rings. The van der Waals surface area contributed by atoms with Gasteiger partial charge in [-0.25, -0.2) is 8.42 Å². The van der Waals surface area contributed by atoms with Crippen LogP contribution in [-0.2, 0) is 22.9 Å². The van der Waals surface area contributed by atoms with E-state index in [-0.39, 0.29) is 11.5 Å². The highest BCUT2D eigenvalue weighted by atomic mass is 32.2. The lowest BCUT2D eigenvalue weighted by molar-refractivity contribution is 0.208. The topological polar surface area (TPSA) is 64.7 Å². The summed E-state index contributed by atoms with van der Waals surface area (Å²) in [7, 11) is -3.40. The summed E-state index contributed by atoms with van der Waals surface area (Å²) in [6.07, 6.45) is 0. The van der Waals surface area contributed by atoms with Crippen LogP contribution < -0.4 is 10.6 Å². The first-order valence-electron chi connectivity index (χ1n) is 14.2. The number of sulfone groups is 1. The van der Waals surface area contributed by atoms with Crippen LogP contribution in [0.25, 0.3) is 0 Å². The SMILES string of the molecule is Cc1ccc(NC(=S)N(Cc2ccccc2)[C@H]2CS(=O)(=O)C[C@@H]2N(Cc2ccccc2)C(=S)Nc2ccc(C)cc2)cc1. The zero-order chi connectivity index (χ0) is 30.4. The molecule has 1 aliphatic rings. The Morgan fingerprint density at radius 2 is 0.977 bits per heavy atom. The Morgan fingerprint density at radius 3 is 1.33 bits per heavy atom. The van der Waals surface area contributed by atoms with Crippen molar-refractivity contribution in [1.29, 1.82) is 0 Å². The van der Waals surface area contributed by atoms with E-state index < -0.39 is 21.9 Å². The third-order valence-corrected chi connectivity index (χ3v) is 9.99. The first-order chi connectivity index (χ1) is 20.7. The highest BCUT2D eigenvalue weighted by Crippen LogP contribution is 2.28. The number of hydrogen-bond acceptors (Lipinski definition) is 4. The first-order valence-corrected chi connectivity index (χ1v) is 16.9. The molecule has 9 heteroatoms. The van der Waals surface area contributed by atoms with Gasteiger partial charge >= 0.3 is 0 Å². The van der Waals surface area contributed by atoms with Gasteiger partial charge in [-0.15, -0.1) is 0 Å².